The highest BCUT2D eigenvalue weighted by atomic mass is 35.5. The van der Waals surface area contributed by atoms with Gasteiger partial charge in [-0.05, 0) is 80.9 Å². The molecule has 1 heterocycles. The summed E-state index contributed by atoms with van der Waals surface area (Å²) in [6.45, 7) is 2.23. The maximum absolute atomic E-state index is 11.9. The third-order valence-corrected chi connectivity index (χ3v) is 6.43. The minimum atomic E-state index is -0.131. The zero-order valence-corrected chi connectivity index (χ0v) is 15.3. The molecule has 2 aromatic rings. The smallest absolute Gasteiger partial charge is 0.255 e. The fourth-order valence-electron chi connectivity index (χ4n) is 4.30. The summed E-state index contributed by atoms with van der Waals surface area (Å²) in [5.41, 5.74) is 6.45. The van der Waals surface area contributed by atoms with Crippen LogP contribution in [-0.4, -0.2) is 16.6 Å². The standard InChI is InChI=1S/C20H25ClN2O2/c1-20(22,13-2-3-13)14-4-6-15(7-5-14)25-18-10-12-8-9-23-19(24)16(12)11-17(18)21/h8-11,13-15H,2-7,22H2,1H3,(H,23,24). The van der Waals surface area contributed by atoms with Crippen LogP contribution in [0.3, 0.4) is 0 Å². The molecule has 4 nitrogen and oxygen atoms in total. The van der Waals surface area contributed by atoms with E-state index in [1.807, 2.05) is 12.1 Å². The van der Waals surface area contributed by atoms with Crippen molar-refractivity contribution in [1.82, 2.24) is 4.98 Å². The van der Waals surface area contributed by atoms with Crippen LogP contribution < -0.4 is 16.0 Å². The highest BCUT2D eigenvalue weighted by Gasteiger charge is 2.44. The lowest BCUT2D eigenvalue weighted by Crippen LogP contribution is -2.48. The average Bonchev–Trinajstić information content (AvgIpc) is 3.43. The van der Waals surface area contributed by atoms with E-state index in [2.05, 4.69) is 11.9 Å². The van der Waals surface area contributed by atoms with Crippen molar-refractivity contribution in [2.75, 3.05) is 0 Å². The first-order valence-corrected chi connectivity index (χ1v) is 9.59. The Morgan fingerprint density at radius 2 is 1.80 bits per heavy atom. The van der Waals surface area contributed by atoms with E-state index in [0.29, 0.717) is 28.0 Å². The zero-order valence-electron chi connectivity index (χ0n) is 14.6. The van der Waals surface area contributed by atoms with Gasteiger partial charge in [-0.15, -0.1) is 0 Å². The fraction of sp³-hybridized carbons (Fsp3) is 0.550. The predicted molar refractivity (Wildman–Crippen MR) is 101 cm³/mol. The summed E-state index contributed by atoms with van der Waals surface area (Å²) in [5.74, 6) is 1.97. The highest BCUT2D eigenvalue weighted by Crippen LogP contribution is 2.46. The molecule has 1 unspecified atom stereocenters. The summed E-state index contributed by atoms with van der Waals surface area (Å²) in [6, 6.07) is 5.43. The highest BCUT2D eigenvalue weighted by molar-refractivity contribution is 6.32. The minimum absolute atomic E-state index is 0.0212. The van der Waals surface area contributed by atoms with Crippen LogP contribution in [0.1, 0.15) is 45.4 Å². The Hall–Kier alpha value is -1.52. The lowest BCUT2D eigenvalue weighted by atomic mass is 9.73. The van der Waals surface area contributed by atoms with Gasteiger partial charge in [0.25, 0.3) is 5.56 Å². The molecule has 1 aromatic heterocycles. The van der Waals surface area contributed by atoms with E-state index in [1.54, 1.807) is 12.3 Å². The largest absolute Gasteiger partial charge is 0.489 e. The molecule has 1 aromatic carbocycles. The van der Waals surface area contributed by atoms with E-state index >= 15 is 0 Å². The molecule has 0 radical (unpaired) electrons. The van der Waals surface area contributed by atoms with Crippen molar-refractivity contribution in [2.24, 2.45) is 17.6 Å². The number of aromatic amines is 1. The number of halogens is 1. The summed E-state index contributed by atoms with van der Waals surface area (Å²) < 4.78 is 6.19. The first-order chi connectivity index (χ1) is 11.9. The minimum Gasteiger partial charge on any atom is -0.489 e. The van der Waals surface area contributed by atoms with E-state index in [-0.39, 0.29) is 17.2 Å². The van der Waals surface area contributed by atoms with Crippen molar-refractivity contribution in [2.45, 2.75) is 57.1 Å². The third kappa shape index (κ3) is 3.30. The first-order valence-electron chi connectivity index (χ1n) is 9.21. The van der Waals surface area contributed by atoms with Gasteiger partial charge in [-0.25, -0.2) is 0 Å². The molecule has 3 N–H and O–H groups in total. The van der Waals surface area contributed by atoms with Crippen molar-refractivity contribution < 1.29 is 4.74 Å². The SMILES string of the molecule is CC(N)(C1CCC(Oc2cc3cc[nH]c(=O)c3cc2Cl)CC1)C1CC1. The van der Waals surface area contributed by atoms with E-state index in [0.717, 1.165) is 31.1 Å². The van der Waals surface area contributed by atoms with Crippen molar-refractivity contribution in [3.63, 3.8) is 0 Å². The molecule has 0 amide bonds. The lowest BCUT2D eigenvalue weighted by Gasteiger charge is -2.39. The summed E-state index contributed by atoms with van der Waals surface area (Å²) in [7, 11) is 0. The summed E-state index contributed by atoms with van der Waals surface area (Å²) in [6.07, 6.45) is 8.63. The van der Waals surface area contributed by atoms with Crippen molar-refractivity contribution in [1.29, 1.82) is 0 Å². The Balaban J connectivity index is 1.46. The van der Waals surface area contributed by atoms with Crippen LogP contribution in [0.5, 0.6) is 5.75 Å². The van der Waals surface area contributed by atoms with Crippen molar-refractivity contribution >= 4 is 22.4 Å². The normalized spacial score (nSPS) is 26.4. The number of aromatic nitrogens is 1. The molecule has 2 aliphatic carbocycles. The number of pyridine rings is 1. The number of ether oxygens (including phenoxy) is 1. The third-order valence-electron chi connectivity index (χ3n) is 6.13. The molecule has 0 saturated heterocycles. The monoisotopic (exact) mass is 360 g/mol. The second kappa shape index (κ2) is 6.33. The number of nitrogens with two attached hydrogens (primary N) is 1. The van der Waals surface area contributed by atoms with Gasteiger partial charge in [0.1, 0.15) is 5.75 Å². The molecule has 4 rings (SSSR count). The Kier molecular flexibility index (Phi) is 4.28. The Morgan fingerprint density at radius 1 is 1.16 bits per heavy atom. The molecular formula is C20H25ClN2O2. The number of hydrogen-bond acceptors (Lipinski definition) is 3. The van der Waals surface area contributed by atoms with Crippen LogP contribution in [0.4, 0.5) is 0 Å². The molecule has 5 heteroatoms. The molecular weight excluding hydrogens is 336 g/mol. The lowest BCUT2D eigenvalue weighted by molar-refractivity contribution is 0.0976. The van der Waals surface area contributed by atoms with Gasteiger partial charge in [-0.3, -0.25) is 4.79 Å². The maximum Gasteiger partial charge on any atom is 0.255 e. The van der Waals surface area contributed by atoms with Crippen molar-refractivity contribution in [3.8, 4) is 5.75 Å². The number of hydrogen-bond donors (Lipinski definition) is 2. The number of fused-ring (bicyclic) bond motifs is 1. The van der Waals surface area contributed by atoms with Crippen LogP contribution in [-0.2, 0) is 0 Å². The van der Waals surface area contributed by atoms with Crippen LogP contribution in [0.2, 0.25) is 5.02 Å². The Bertz CT molecular complexity index is 833. The molecule has 0 bridgehead atoms. The summed E-state index contributed by atoms with van der Waals surface area (Å²) >= 11 is 6.35. The number of rotatable bonds is 4. The second-order valence-corrected chi connectivity index (χ2v) is 8.32. The maximum atomic E-state index is 11.9. The van der Waals surface area contributed by atoms with Crippen LogP contribution in [0, 0.1) is 11.8 Å². The van der Waals surface area contributed by atoms with Crippen LogP contribution in [0.15, 0.2) is 29.2 Å². The van der Waals surface area contributed by atoms with Crippen LogP contribution in [0.25, 0.3) is 10.8 Å². The summed E-state index contributed by atoms with van der Waals surface area (Å²) in [5, 5.41) is 1.93. The molecule has 2 aliphatic rings. The van der Waals surface area contributed by atoms with E-state index in [1.165, 1.54) is 12.8 Å². The predicted octanol–water partition coefficient (Wildman–Crippen LogP) is 4.25. The van der Waals surface area contributed by atoms with Gasteiger partial charge in [0, 0.05) is 17.1 Å². The van der Waals surface area contributed by atoms with Gasteiger partial charge < -0.3 is 15.5 Å². The topological polar surface area (TPSA) is 68.1 Å². The molecule has 2 saturated carbocycles. The van der Waals surface area contributed by atoms with Gasteiger partial charge in [0.05, 0.1) is 11.1 Å². The average molecular weight is 361 g/mol. The molecule has 0 spiro atoms. The molecule has 25 heavy (non-hydrogen) atoms. The van der Waals surface area contributed by atoms with Gasteiger partial charge in [-0.1, -0.05) is 11.6 Å². The Labute approximate surface area is 152 Å². The zero-order chi connectivity index (χ0) is 17.6. The summed E-state index contributed by atoms with van der Waals surface area (Å²) in [4.78, 5) is 14.5. The van der Waals surface area contributed by atoms with Gasteiger partial charge in [0.15, 0.2) is 0 Å². The van der Waals surface area contributed by atoms with Gasteiger partial charge >= 0.3 is 0 Å². The Morgan fingerprint density at radius 3 is 2.44 bits per heavy atom. The number of nitrogens with one attached hydrogen (secondary N) is 1. The second-order valence-electron chi connectivity index (χ2n) is 7.91. The van der Waals surface area contributed by atoms with Crippen molar-refractivity contribution in [3.05, 3.63) is 39.8 Å². The van der Waals surface area contributed by atoms with E-state index in [4.69, 9.17) is 22.1 Å². The quantitative estimate of drug-likeness (QED) is 0.856. The van der Waals surface area contributed by atoms with Gasteiger partial charge in [-0.2, -0.15) is 0 Å². The fourth-order valence-corrected chi connectivity index (χ4v) is 4.51. The molecule has 2 fully saturated rings. The molecule has 134 valence electrons. The first kappa shape index (κ1) is 16.9. The molecule has 0 aliphatic heterocycles. The van der Waals surface area contributed by atoms with Crippen LogP contribution >= 0.6 is 11.6 Å². The van der Waals surface area contributed by atoms with E-state index in [9.17, 15) is 4.79 Å². The number of H-pyrrole nitrogens is 1. The molecule has 1 atom stereocenters. The van der Waals surface area contributed by atoms with Gasteiger partial charge in [0.2, 0.25) is 0 Å². The van der Waals surface area contributed by atoms with E-state index < -0.39 is 0 Å². The number of benzene rings is 1.